The molecular weight excluding hydrogens is 540 g/mol. The highest BCUT2D eigenvalue weighted by atomic mass is 35.5. The molecule has 0 spiro atoms. The number of carbonyl (C=O) groups is 1. The number of ether oxygens (including phenoxy) is 1. The van der Waals surface area contributed by atoms with Crippen LogP contribution < -0.4 is 19.9 Å². The lowest BCUT2D eigenvalue weighted by atomic mass is 9.91. The number of nitrogens with zero attached hydrogens (tertiary/aromatic N) is 7. The second kappa shape index (κ2) is 11.3. The van der Waals surface area contributed by atoms with Crippen LogP contribution >= 0.6 is 11.6 Å². The molecule has 2 aliphatic heterocycles. The molecular formula is C30H31ClN8O2. The van der Waals surface area contributed by atoms with Crippen LogP contribution in [0.3, 0.4) is 0 Å². The fourth-order valence-electron chi connectivity index (χ4n) is 5.36. The smallest absolute Gasteiger partial charge is 0.336 e. The number of amides is 2. The van der Waals surface area contributed by atoms with E-state index in [-0.39, 0.29) is 12.6 Å². The number of benzene rings is 1. The molecule has 5 heterocycles. The van der Waals surface area contributed by atoms with Crippen molar-refractivity contribution in [1.29, 1.82) is 0 Å². The van der Waals surface area contributed by atoms with Crippen LogP contribution in [-0.2, 0) is 6.54 Å². The fourth-order valence-corrected chi connectivity index (χ4v) is 5.69. The zero-order chi connectivity index (χ0) is 28.5. The van der Waals surface area contributed by atoms with Gasteiger partial charge < -0.3 is 15.0 Å². The van der Waals surface area contributed by atoms with E-state index in [1.165, 1.54) is 10.5 Å². The van der Waals surface area contributed by atoms with Crippen molar-refractivity contribution in [2.24, 2.45) is 0 Å². The van der Waals surface area contributed by atoms with Gasteiger partial charge in [0.1, 0.15) is 17.4 Å². The summed E-state index contributed by atoms with van der Waals surface area (Å²) in [5, 5.41) is 3.69. The average molecular weight is 571 g/mol. The van der Waals surface area contributed by atoms with Crippen LogP contribution in [0, 0.1) is 6.92 Å². The number of nitrogens with one attached hydrogen (secondary N) is 1. The predicted molar refractivity (Wildman–Crippen MR) is 160 cm³/mol. The van der Waals surface area contributed by atoms with Gasteiger partial charge in [-0.1, -0.05) is 29.8 Å². The molecule has 11 heteroatoms. The number of anilines is 5. The van der Waals surface area contributed by atoms with Crippen molar-refractivity contribution in [3.63, 3.8) is 0 Å². The second-order valence-corrected chi connectivity index (χ2v) is 10.8. The number of likely N-dealkylation sites (tertiary alicyclic amines) is 1. The molecule has 0 aliphatic carbocycles. The van der Waals surface area contributed by atoms with Crippen molar-refractivity contribution in [2.75, 3.05) is 42.4 Å². The summed E-state index contributed by atoms with van der Waals surface area (Å²) in [6.07, 6.45) is 7.48. The summed E-state index contributed by atoms with van der Waals surface area (Å²) < 4.78 is 5.27. The standard InChI is InChI=1S/C30H31ClN8O2/c1-19-5-4-6-24(31)27(19)38-18-22-16-34-29(35-25-9-7-21(15-32-25)20-11-13-37(2)14-12-20)36-28(22)39(30(38)40)26-10-8-23(41-3)17-33-26/h4-10,15-17,20H,11-14,18H2,1-3H3,(H,32,34,35,36). The monoisotopic (exact) mass is 570 g/mol. The van der Waals surface area contributed by atoms with E-state index in [0.29, 0.717) is 45.8 Å². The molecule has 41 heavy (non-hydrogen) atoms. The number of methoxy groups -OCH3 is 1. The Morgan fingerprint density at radius 2 is 1.83 bits per heavy atom. The summed E-state index contributed by atoms with van der Waals surface area (Å²) in [5.74, 6) is 2.90. The number of aromatic nitrogens is 4. The summed E-state index contributed by atoms with van der Waals surface area (Å²) in [6, 6.07) is 12.8. The molecule has 2 amide bonds. The number of para-hydroxylation sites is 1. The minimum Gasteiger partial charge on any atom is -0.495 e. The van der Waals surface area contributed by atoms with Crippen LogP contribution in [0.2, 0.25) is 5.02 Å². The SMILES string of the molecule is COc1ccc(N2C(=O)N(c3c(C)cccc3Cl)Cc3cnc(Nc4ccc(C5CCN(C)CC5)cn4)nc32)nc1. The van der Waals surface area contributed by atoms with E-state index in [4.69, 9.17) is 21.3 Å². The van der Waals surface area contributed by atoms with Crippen LogP contribution in [-0.4, -0.2) is 58.1 Å². The van der Waals surface area contributed by atoms with Crippen molar-refractivity contribution in [3.8, 4) is 5.75 Å². The third-order valence-electron chi connectivity index (χ3n) is 7.66. The van der Waals surface area contributed by atoms with Crippen molar-refractivity contribution in [1.82, 2.24) is 24.8 Å². The molecule has 0 radical (unpaired) electrons. The highest BCUT2D eigenvalue weighted by Gasteiger charge is 2.36. The third kappa shape index (κ3) is 5.40. The number of rotatable bonds is 6. The first-order valence-corrected chi connectivity index (χ1v) is 13.9. The summed E-state index contributed by atoms with van der Waals surface area (Å²) >= 11 is 6.58. The highest BCUT2D eigenvalue weighted by molar-refractivity contribution is 6.34. The topological polar surface area (TPSA) is 99.6 Å². The average Bonchev–Trinajstić information content (AvgIpc) is 2.98. The lowest BCUT2D eigenvalue weighted by Gasteiger charge is -2.36. The molecule has 1 aromatic carbocycles. The van der Waals surface area contributed by atoms with E-state index in [1.807, 2.05) is 31.3 Å². The number of urea groups is 1. The Balaban J connectivity index is 1.32. The number of hydrogen-bond donors (Lipinski definition) is 1. The quantitative estimate of drug-likeness (QED) is 0.298. The first-order chi connectivity index (χ1) is 19.9. The van der Waals surface area contributed by atoms with Crippen molar-refractivity contribution in [3.05, 3.63) is 82.8 Å². The number of carbonyl (C=O) groups excluding carboxylic acids is 1. The molecule has 210 valence electrons. The predicted octanol–water partition coefficient (Wildman–Crippen LogP) is 6.07. The molecule has 4 aromatic rings. The highest BCUT2D eigenvalue weighted by Crippen LogP contribution is 2.39. The Morgan fingerprint density at radius 3 is 2.51 bits per heavy atom. The van der Waals surface area contributed by atoms with Gasteiger partial charge in [-0.2, -0.15) is 4.98 Å². The maximum Gasteiger partial charge on any atom is 0.336 e. The van der Waals surface area contributed by atoms with E-state index in [9.17, 15) is 4.79 Å². The van der Waals surface area contributed by atoms with Gasteiger partial charge >= 0.3 is 6.03 Å². The molecule has 10 nitrogen and oxygen atoms in total. The van der Waals surface area contributed by atoms with Crippen molar-refractivity contribution in [2.45, 2.75) is 32.2 Å². The third-order valence-corrected chi connectivity index (χ3v) is 7.97. The van der Waals surface area contributed by atoms with E-state index in [0.717, 1.165) is 37.1 Å². The van der Waals surface area contributed by atoms with Crippen molar-refractivity contribution >= 4 is 46.7 Å². The summed E-state index contributed by atoms with van der Waals surface area (Å²) in [5.41, 5.74) is 3.51. The van der Waals surface area contributed by atoms with E-state index >= 15 is 0 Å². The lowest BCUT2D eigenvalue weighted by Crippen LogP contribution is -2.46. The lowest BCUT2D eigenvalue weighted by molar-refractivity contribution is 0.252. The molecule has 0 saturated carbocycles. The number of piperidine rings is 1. The zero-order valence-electron chi connectivity index (χ0n) is 23.2. The van der Waals surface area contributed by atoms with Crippen LogP contribution in [0.4, 0.5) is 33.9 Å². The van der Waals surface area contributed by atoms with Crippen LogP contribution in [0.15, 0.2) is 61.1 Å². The number of halogens is 1. The molecule has 0 unspecified atom stereocenters. The molecule has 0 atom stereocenters. The Morgan fingerprint density at radius 1 is 1.00 bits per heavy atom. The minimum atomic E-state index is -0.323. The van der Waals surface area contributed by atoms with Gasteiger partial charge in [0.25, 0.3) is 0 Å². The Hall–Kier alpha value is -4.28. The summed E-state index contributed by atoms with van der Waals surface area (Å²) in [6.45, 7) is 4.38. The normalized spacial score (nSPS) is 16.0. The Labute approximate surface area is 244 Å². The molecule has 6 rings (SSSR count). The summed E-state index contributed by atoms with van der Waals surface area (Å²) in [4.78, 5) is 38.0. The Kier molecular flexibility index (Phi) is 7.42. The number of fused-ring (bicyclic) bond motifs is 1. The van der Waals surface area contributed by atoms with Gasteiger partial charge in [0, 0.05) is 18.0 Å². The van der Waals surface area contributed by atoms with Gasteiger partial charge in [0.2, 0.25) is 5.95 Å². The molecule has 2 aliphatic rings. The maximum absolute atomic E-state index is 14.1. The first-order valence-electron chi connectivity index (χ1n) is 13.6. The fraction of sp³-hybridized carbons (Fsp3) is 0.300. The maximum atomic E-state index is 14.1. The van der Waals surface area contributed by atoms with E-state index in [2.05, 4.69) is 38.3 Å². The minimum absolute atomic E-state index is 0.259. The van der Waals surface area contributed by atoms with Gasteiger partial charge in [0.05, 0.1) is 30.6 Å². The zero-order valence-corrected chi connectivity index (χ0v) is 24.0. The molecule has 3 aromatic heterocycles. The van der Waals surface area contributed by atoms with Gasteiger partial charge in [-0.05, 0) is 81.2 Å². The second-order valence-electron chi connectivity index (χ2n) is 10.4. The number of pyridine rings is 2. The van der Waals surface area contributed by atoms with Gasteiger partial charge in [-0.15, -0.1) is 0 Å². The van der Waals surface area contributed by atoms with Crippen LogP contribution in [0.25, 0.3) is 0 Å². The van der Waals surface area contributed by atoms with Gasteiger partial charge in [-0.25, -0.2) is 24.6 Å². The van der Waals surface area contributed by atoms with Gasteiger partial charge in [-0.3, -0.25) is 4.90 Å². The largest absolute Gasteiger partial charge is 0.495 e. The number of hydrogen-bond acceptors (Lipinski definition) is 8. The van der Waals surface area contributed by atoms with E-state index in [1.54, 1.807) is 42.6 Å². The molecule has 0 bridgehead atoms. The van der Waals surface area contributed by atoms with Gasteiger partial charge in [0.15, 0.2) is 5.82 Å². The van der Waals surface area contributed by atoms with E-state index < -0.39 is 0 Å². The Bertz CT molecular complexity index is 1540. The molecule has 1 fully saturated rings. The number of aryl methyl sites for hydroxylation is 1. The molecule has 1 saturated heterocycles. The molecule has 1 N–H and O–H groups in total. The van der Waals surface area contributed by atoms with Crippen molar-refractivity contribution < 1.29 is 9.53 Å². The van der Waals surface area contributed by atoms with Crippen LogP contribution in [0.5, 0.6) is 5.75 Å². The van der Waals surface area contributed by atoms with Crippen LogP contribution in [0.1, 0.15) is 35.4 Å². The first kappa shape index (κ1) is 26.9. The summed E-state index contributed by atoms with van der Waals surface area (Å²) in [7, 11) is 3.73.